The zero-order chi connectivity index (χ0) is 19.9. The summed E-state index contributed by atoms with van der Waals surface area (Å²) in [6.07, 6.45) is 1.04. The molecule has 27 heavy (non-hydrogen) atoms. The summed E-state index contributed by atoms with van der Waals surface area (Å²) in [6.45, 7) is 1.43. The Bertz CT molecular complexity index is 851. The lowest BCUT2D eigenvalue weighted by molar-refractivity contribution is 0.0730. The number of para-hydroxylation sites is 1. The van der Waals surface area contributed by atoms with E-state index in [1.165, 1.54) is 4.31 Å². The van der Waals surface area contributed by atoms with Gasteiger partial charge in [-0.05, 0) is 11.6 Å². The van der Waals surface area contributed by atoms with Crippen molar-refractivity contribution >= 4 is 31.8 Å². The largest absolute Gasteiger partial charge is 0.379 e. The highest BCUT2D eigenvalue weighted by atomic mass is 32.2. The van der Waals surface area contributed by atoms with E-state index in [-0.39, 0.29) is 18.8 Å². The number of carbonyl (C=O) groups excluding carboxylic acids is 1. The molecule has 0 saturated carbocycles. The molecule has 1 saturated heterocycles. The molecule has 1 aliphatic heterocycles. The van der Waals surface area contributed by atoms with Crippen LogP contribution in [-0.4, -0.2) is 72.0 Å². The second-order valence-corrected chi connectivity index (χ2v) is 9.81. The van der Waals surface area contributed by atoms with Crippen LogP contribution in [0.2, 0.25) is 0 Å². The molecule has 1 aromatic rings. The van der Waals surface area contributed by atoms with Gasteiger partial charge in [-0.15, -0.1) is 0 Å². The topological polar surface area (TPSA) is 134 Å². The van der Waals surface area contributed by atoms with Crippen LogP contribution in [-0.2, 0) is 31.3 Å². The van der Waals surface area contributed by atoms with Gasteiger partial charge in [0.05, 0.1) is 30.9 Å². The molecule has 2 rings (SSSR count). The van der Waals surface area contributed by atoms with Gasteiger partial charge in [0.2, 0.25) is 20.0 Å². The minimum absolute atomic E-state index is 0.0330. The minimum atomic E-state index is -3.44. The smallest absolute Gasteiger partial charge is 0.315 e. The first-order valence-corrected chi connectivity index (χ1v) is 11.8. The third kappa shape index (κ3) is 7.33. The number of carbonyl (C=O) groups is 1. The number of hydrogen-bond donors (Lipinski definition) is 3. The lowest BCUT2D eigenvalue weighted by Crippen LogP contribution is -2.44. The molecule has 3 N–H and O–H groups in total. The molecule has 10 nitrogen and oxygen atoms in total. The highest BCUT2D eigenvalue weighted by Gasteiger charge is 2.23. The van der Waals surface area contributed by atoms with Gasteiger partial charge in [0.15, 0.2) is 0 Å². The van der Waals surface area contributed by atoms with Crippen LogP contribution in [0.25, 0.3) is 0 Å². The van der Waals surface area contributed by atoms with E-state index in [0.29, 0.717) is 37.6 Å². The molecule has 0 spiro atoms. The Morgan fingerprint density at radius 1 is 1.11 bits per heavy atom. The number of rotatable bonds is 8. The second kappa shape index (κ2) is 9.35. The van der Waals surface area contributed by atoms with E-state index in [0.717, 1.165) is 6.26 Å². The van der Waals surface area contributed by atoms with Crippen molar-refractivity contribution in [3.05, 3.63) is 29.8 Å². The standard InChI is InChI=1S/C15H24N4O6S2/c1-26(21,22)18-14-5-3-2-4-13(14)12-17-15(20)16-6-11-27(23,24)19-7-9-25-10-8-19/h2-5,18H,6-12H2,1H3,(H2,16,17,20). The molecule has 1 heterocycles. The first kappa shape index (κ1) is 21.4. The van der Waals surface area contributed by atoms with Crippen molar-refractivity contribution in [2.24, 2.45) is 0 Å². The molecule has 0 aliphatic carbocycles. The molecule has 12 heteroatoms. The van der Waals surface area contributed by atoms with E-state index in [9.17, 15) is 21.6 Å². The molecule has 1 aliphatic rings. The predicted molar refractivity (Wildman–Crippen MR) is 101 cm³/mol. The molecule has 0 aromatic heterocycles. The van der Waals surface area contributed by atoms with Gasteiger partial charge in [0.25, 0.3) is 0 Å². The van der Waals surface area contributed by atoms with Gasteiger partial charge >= 0.3 is 6.03 Å². The van der Waals surface area contributed by atoms with Crippen LogP contribution in [0.4, 0.5) is 10.5 Å². The fourth-order valence-electron chi connectivity index (χ4n) is 2.46. The van der Waals surface area contributed by atoms with E-state index < -0.39 is 26.1 Å². The molecule has 0 atom stereocenters. The van der Waals surface area contributed by atoms with Crippen molar-refractivity contribution in [1.82, 2.24) is 14.9 Å². The normalized spacial score (nSPS) is 15.9. The van der Waals surface area contributed by atoms with Gasteiger partial charge in [-0.3, -0.25) is 4.72 Å². The van der Waals surface area contributed by atoms with Crippen molar-refractivity contribution in [3.63, 3.8) is 0 Å². The summed E-state index contributed by atoms with van der Waals surface area (Å²) >= 11 is 0. The van der Waals surface area contributed by atoms with E-state index in [2.05, 4.69) is 15.4 Å². The van der Waals surface area contributed by atoms with Crippen LogP contribution < -0.4 is 15.4 Å². The average Bonchev–Trinajstić information content (AvgIpc) is 2.60. The first-order valence-electron chi connectivity index (χ1n) is 8.30. The van der Waals surface area contributed by atoms with Crippen molar-refractivity contribution in [2.75, 3.05) is 49.6 Å². The molecule has 0 bridgehead atoms. The number of morpholine rings is 1. The third-order valence-corrected chi connectivity index (χ3v) is 6.22. The molecular weight excluding hydrogens is 396 g/mol. The highest BCUT2D eigenvalue weighted by molar-refractivity contribution is 7.92. The summed E-state index contributed by atoms with van der Waals surface area (Å²) in [5.74, 6) is -0.202. The molecular formula is C15H24N4O6S2. The minimum Gasteiger partial charge on any atom is -0.379 e. The number of anilines is 1. The maximum absolute atomic E-state index is 12.2. The van der Waals surface area contributed by atoms with E-state index >= 15 is 0 Å². The quantitative estimate of drug-likeness (QED) is 0.520. The van der Waals surface area contributed by atoms with Gasteiger partial charge < -0.3 is 15.4 Å². The summed E-state index contributed by atoms with van der Waals surface area (Å²) < 4.78 is 55.9. The molecule has 0 radical (unpaired) electrons. The Hall–Kier alpha value is -1.89. The van der Waals surface area contributed by atoms with Crippen LogP contribution in [0.1, 0.15) is 5.56 Å². The average molecular weight is 421 g/mol. The zero-order valence-corrected chi connectivity index (χ0v) is 16.6. The van der Waals surface area contributed by atoms with Crippen LogP contribution in [0.15, 0.2) is 24.3 Å². The van der Waals surface area contributed by atoms with Gasteiger partial charge in [0, 0.05) is 26.2 Å². The predicted octanol–water partition coefficient (Wildman–Crippen LogP) is -0.481. The summed E-state index contributed by atoms with van der Waals surface area (Å²) in [6, 6.07) is 6.12. The van der Waals surface area contributed by atoms with Crippen molar-refractivity contribution in [2.45, 2.75) is 6.54 Å². The van der Waals surface area contributed by atoms with Crippen molar-refractivity contribution < 1.29 is 26.4 Å². The van der Waals surface area contributed by atoms with Crippen LogP contribution in [0, 0.1) is 0 Å². The van der Waals surface area contributed by atoms with Gasteiger partial charge in [-0.1, -0.05) is 18.2 Å². The monoisotopic (exact) mass is 420 g/mol. The fourth-order valence-corrected chi connectivity index (χ4v) is 4.38. The maximum Gasteiger partial charge on any atom is 0.315 e. The Balaban J connectivity index is 1.80. The molecule has 152 valence electrons. The Morgan fingerprint density at radius 3 is 2.44 bits per heavy atom. The SMILES string of the molecule is CS(=O)(=O)Nc1ccccc1CNC(=O)NCCS(=O)(=O)N1CCOCC1. The first-order chi connectivity index (χ1) is 12.7. The Kier molecular flexibility index (Phi) is 7.41. The lowest BCUT2D eigenvalue weighted by Gasteiger charge is -2.26. The highest BCUT2D eigenvalue weighted by Crippen LogP contribution is 2.15. The zero-order valence-electron chi connectivity index (χ0n) is 15.0. The number of nitrogens with one attached hydrogen (secondary N) is 3. The van der Waals surface area contributed by atoms with Crippen molar-refractivity contribution in [1.29, 1.82) is 0 Å². The molecule has 1 aromatic carbocycles. The van der Waals surface area contributed by atoms with Crippen molar-refractivity contribution in [3.8, 4) is 0 Å². The fraction of sp³-hybridized carbons (Fsp3) is 0.533. The molecule has 1 fully saturated rings. The van der Waals surface area contributed by atoms with Gasteiger partial charge in [-0.2, -0.15) is 4.31 Å². The summed E-state index contributed by atoms with van der Waals surface area (Å²) in [5.41, 5.74) is 0.953. The number of benzene rings is 1. The molecule has 2 amide bonds. The number of ether oxygens (including phenoxy) is 1. The van der Waals surface area contributed by atoms with E-state index in [1.807, 2.05) is 0 Å². The lowest BCUT2D eigenvalue weighted by atomic mass is 10.2. The summed E-state index contributed by atoms with van der Waals surface area (Å²) in [7, 11) is -6.88. The number of amides is 2. The third-order valence-electron chi connectivity index (χ3n) is 3.76. The second-order valence-electron chi connectivity index (χ2n) is 5.97. The number of nitrogens with zero attached hydrogens (tertiary/aromatic N) is 1. The van der Waals surface area contributed by atoms with E-state index in [1.54, 1.807) is 24.3 Å². The van der Waals surface area contributed by atoms with E-state index in [4.69, 9.17) is 4.74 Å². The van der Waals surface area contributed by atoms with Gasteiger partial charge in [-0.25, -0.2) is 21.6 Å². The summed E-state index contributed by atoms with van der Waals surface area (Å²) in [5, 5.41) is 5.07. The van der Waals surface area contributed by atoms with Crippen LogP contribution in [0.3, 0.4) is 0 Å². The number of hydrogen-bond acceptors (Lipinski definition) is 6. The Morgan fingerprint density at radius 2 is 1.78 bits per heavy atom. The van der Waals surface area contributed by atoms with Crippen LogP contribution in [0.5, 0.6) is 0 Å². The van der Waals surface area contributed by atoms with Gasteiger partial charge in [0.1, 0.15) is 0 Å². The molecule has 0 unspecified atom stereocenters. The Labute approximate surface area is 159 Å². The number of sulfonamides is 2. The maximum atomic E-state index is 12.2. The summed E-state index contributed by atoms with van der Waals surface area (Å²) in [4.78, 5) is 11.9. The number of urea groups is 1. The van der Waals surface area contributed by atoms with Crippen LogP contribution >= 0.6 is 0 Å².